The zero-order chi connectivity index (χ0) is 13.0. The molecule has 18 heavy (non-hydrogen) atoms. The fourth-order valence-corrected chi connectivity index (χ4v) is 2.31. The van der Waals surface area contributed by atoms with Gasteiger partial charge < -0.3 is 9.64 Å². The van der Waals surface area contributed by atoms with Crippen LogP contribution in [-0.2, 0) is 4.74 Å². The minimum atomic E-state index is -0.414. The molecule has 1 aliphatic heterocycles. The highest BCUT2D eigenvalue weighted by molar-refractivity contribution is 5.38. The predicted octanol–water partition coefficient (Wildman–Crippen LogP) is 1.38. The van der Waals surface area contributed by atoms with Gasteiger partial charge in [-0.25, -0.2) is 4.98 Å². The average molecular weight is 253 g/mol. The second-order valence-electron chi connectivity index (χ2n) is 4.65. The summed E-state index contributed by atoms with van der Waals surface area (Å²) in [5.74, 6) is 0.316. The molecule has 2 heterocycles. The maximum Gasteiger partial charge on any atom is 0.214 e. The molecular weight excluding hydrogens is 233 g/mol. The molecule has 2 rings (SSSR count). The van der Waals surface area contributed by atoms with Gasteiger partial charge in [0.2, 0.25) is 5.95 Å². The highest BCUT2D eigenvalue weighted by atomic mass is 19.1. The number of piperazine rings is 1. The van der Waals surface area contributed by atoms with E-state index in [1.54, 1.807) is 13.2 Å². The maximum atomic E-state index is 13.1. The van der Waals surface area contributed by atoms with E-state index in [1.165, 1.54) is 6.07 Å². The molecule has 1 fully saturated rings. The molecule has 1 aromatic rings. The summed E-state index contributed by atoms with van der Waals surface area (Å²) in [7, 11) is 1.73. The molecule has 0 aromatic carbocycles. The Morgan fingerprint density at radius 1 is 1.33 bits per heavy atom. The van der Waals surface area contributed by atoms with Crippen LogP contribution >= 0.6 is 0 Å². The smallest absolute Gasteiger partial charge is 0.214 e. The predicted molar refractivity (Wildman–Crippen MR) is 69.3 cm³/mol. The summed E-state index contributed by atoms with van der Waals surface area (Å²) >= 11 is 0. The third-order valence-electron chi connectivity index (χ3n) is 3.37. The number of rotatable bonds is 4. The van der Waals surface area contributed by atoms with Crippen LogP contribution in [0.4, 0.5) is 10.2 Å². The van der Waals surface area contributed by atoms with E-state index in [4.69, 9.17) is 4.74 Å². The Morgan fingerprint density at radius 2 is 2.06 bits per heavy atom. The molecule has 1 aromatic heterocycles. The van der Waals surface area contributed by atoms with Crippen LogP contribution in [-0.4, -0.2) is 55.8 Å². The van der Waals surface area contributed by atoms with E-state index in [2.05, 4.69) is 21.7 Å². The summed E-state index contributed by atoms with van der Waals surface area (Å²) in [6, 6.07) is 5.37. The molecule has 0 aliphatic carbocycles. The first kappa shape index (κ1) is 13.2. The summed E-state index contributed by atoms with van der Waals surface area (Å²) in [4.78, 5) is 8.43. The van der Waals surface area contributed by atoms with Crippen molar-refractivity contribution in [3.63, 3.8) is 0 Å². The summed E-state index contributed by atoms with van der Waals surface area (Å²) in [6.45, 7) is 6.60. The molecule has 1 saturated heterocycles. The number of pyridine rings is 1. The van der Waals surface area contributed by atoms with Crippen molar-refractivity contribution >= 4 is 5.82 Å². The Balaban J connectivity index is 1.90. The first-order valence-electron chi connectivity index (χ1n) is 6.31. The number of nitrogens with zero attached hydrogens (tertiary/aromatic N) is 3. The van der Waals surface area contributed by atoms with Crippen molar-refractivity contribution < 1.29 is 9.13 Å². The van der Waals surface area contributed by atoms with Crippen LogP contribution in [0, 0.1) is 5.95 Å². The van der Waals surface area contributed by atoms with E-state index in [1.807, 2.05) is 6.07 Å². The Hall–Kier alpha value is -1.20. The Bertz CT molecular complexity index is 380. The molecule has 4 nitrogen and oxygen atoms in total. The van der Waals surface area contributed by atoms with Crippen LogP contribution in [0.3, 0.4) is 0 Å². The molecule has 0 bridgehead atoms. The molecular formula is C13H20FN3O. The molecule has 1 atom stereocenters. The van der Waals surface area contributed by atoms with E-state index >= 15 is 0 Å². The Kier molecular flexibility index (Phi) is 4.49. The van der Waals surface area contributed by atoms with Gasteiger partial charge in [-0.15, -0.1) is 0 Å². The summed E-state index contributed by atoms with van der Waals surface area (Å²) < 4.78 is 18.2. The fourth-order valence-electron chi connectivity index (χ4n) is 2.31. The molecule has 0 radical (unpaired) electrons. The molecule has 5 heteroatoms. The monoisotopic (exact) mass is 253 g/mol. The van der Waals surface area contributed by atoms with Gasteiger partial charge in [-0.2, -0.15) is 4.39 Å². The van der Waals surface area contributed by atoms with Gasteiger partial charge in [0.15, 0.2) is 0 Å². The van der Waals surface area contributed by atoms with Crippen molar-refractivity contribution in [3.8, 4) is 0 Å². The zero-order valence-electron chi connectivity index (χ0n) is 11.0. The minimum Gasteiger partial charge on any atom is -0.383 e. The largest absolute Gasteiger partial charge is 0.383 e. The number of ether oxygens (including phenoxy) is 1. The van der Waals surface area contributed by atoms with E-state index in [0.29, 0.717) is 6.04 Å². The van der Waals surface area contributed by atoms with Crippen molar-refractivity contribution in [3.05, 3.63) is 24.1 Å². The third kappa shape index (κ3) is 3.17. The Labute approximate surface area is 107 Å². The van der Waals surface area contributed by atoms with E-state index in [9.17, 15) is 4.39 Å². The second kappa shape index (κ2) is 6.11. The standard InChI is InChI=1S/C13H20FN3O/c1-11(10-18-2)16-6-8-17(9-7-16)13-5-3-4-12(14)15-13/h3-5,11H,6-10H2,1-2H3. The lowest BCUT2D eigenvalue weighted by molar-refractivity contribution is 0.0952. The van der Waals surface area contributed by atoms with Crippen molar-refractivity contribution in [2.45, 2.75) is 13.0 Å². The molecule has 1 unspecified atom stereocenters. The number of aromatic nitrogens is 1. The van der Waals surface area contributed by atoms with Crippen molar-refractivity contribution in [2.75, 3.05) is 44.8 Å². The van der Waals surface area contributed by atoms with Gasteiger partial charge in [-0.1, -0.05) is 6.07 Å². The van der Waals surface area contributed by atoms with E-state index in [0.717, 1.165) is 38.6 Å². The van der Waals surface area contributed by atoms with Crippen LogP contribution in [0.15, 0.2) is 18.2 Å². The van der Waals surface area contributed by atoms with Gasteiger partial charge in [0, 0.05) is 39.3 Å². The molecule has 0 spiro atoms. The van der Waals surface area contributed by atoms with Crippen LogP contribution in [0.25, 0.3) is 0 Å². The topological polar surface area (TPSA) is 28.6 Å². The van der Waals surface area contributed by atoms with Gasteiger partial charge in [0.1, 0.15) is 5.82 Å². The zero-order valence-corrected chi connectivity index (χ0v) is 11.0. The quantitative estimate of drug-likeness (QED) is 0.758. The van der Waals surface area contributed by atoms with Crippen molar-refractivity contribution in [2.24, 2.45) is 0 Å². The van der Waals surface area contributed by atoms with Gasteiger partial charge in [0.25, 0.3) is 0 Å². The van der Waals surface area contributed by atoms with Gasteiger partial charge in [-0.3, -0.25) is 4.90 Å². The molecule has 1 aliphatic rings. The third-order valence-corrected chi connectivity index (χ3v) is 3.37. The van der Waals surface area contributed by atoms with Crippen LogP contribution < -0.4 is 4.90 Å². The minimum absolute atomic E-state index is 0.414. The maximum absolute atomic E-state index is 13.1. The fraction of sp³-hybridized carbons (Fsp3) is 0.615. The van der Waals surface area contributed by atoms with E-state index < -0.39 is 5.95 Å². The van der Waals surface area contributed by atoms with Gasteiger partial charge >= 0.3 is 0 Å². The van der Waals surface area contributed by atoms with Crippen molar-refractivity contribution in [1.82, 2.24) is 9.88 Å². The Morgan fingerprint density at radius 3 is 2.67 bits per heavy atom. The van der Waals surface area contributed by atoms with E-state index in [-0.39, 0.29) is 0 Å². The number of hydrogen-bond acceptors (Lipinski definition) is 4. The molecule has 0 N–H and O–H groups in total. The number of methoxy groups -OCH3 is 1. The summed E-state index contributed by atoms with van der Waals surface area (Å²) in [5, 5.41) is 0. The first-order valence-corrected chi connectivity index (χ1v) is 6.31. The first-order chi connectivity index (χ1) is 8.70. The SMILES string of the molecule is COCC(C)N1CCN(c2cccc(F)n2)CC1. The second-order valence-corrected chi connectivity index (χ2v) is 4.65. The lowest BCUT2D eigenvalue weighted by Gasteiger charge is -2.38. The average Bonchev–Trinajstić information content (AvgIpc) is 2.39. The van der Waals surface area contributed by atoms with Crippen LogP contribution in [0.2, 0.25) is 0 Å². The highest BCUT2D eigenvalue weighted by Crippen LogP contribution is 2.15. The van der Waals surface area contributed by atoms with Gasteiger partial charge in [-0.05, 0) is 19.1 Å². The summed E-state index contributed by atoms with van der Waals surface area (Å²) in [5.41, 5.74) is 0. The number of halogens is 1. The molecule has 100 valence electrons. The number of anilines is 1. The normalized spacial score (nSPS) is 18.9. The van der Waals surface area contributed by atoms with Gasteiger partial charge in [0.05, 0.1) is 6.61 Å². The summed E-state index contributed by atoms with van der Waals surface area (Å²) in [6.07, 6.45) is 0. The van der Waals surface area contributed by atoms with Crippen molar-refractivity contribution in [1.29, 1.82) is 0 Å². The lowest BCUT2D eigenvalue weighted by atomic mass is 10.2. The molecule has 0 amide bonds. The number of hydrogen-bond donors (Lipinski definition) is 0. The lowest BCUT2D eigenvalue weighted by Crippen LogP contribution is -2.51. The molecule has 0 saturated carbocycles. The van der Waals surface area contributed by atoms with Crippen LogP contribution in [0.5, 0.6) is 0 Å². The van der Waals surface area contributed by atoms with Crippen LogP contribution in [0.1, 0.15) is 6.92 Å². The highest BCUT2D eigenvalue weighted by Gasteiger charge is 2.21.